The number of nitro groups is 1. The van der Waals surface area contributed by atoms with Gasteiger partial charge in [0.15, 0.2) is 6.79 Å². The lowest BCUT2D eigenvalue weighted by Crippen LogP contribution is -2.15. The number of aryl methyl sites for hydroxylation is 1. The highest BCUT2D eigenvalue weighted by atomic mass is 19.1. The van der Waals surface area contributed by atoms with Crippen molar-refractivity contribution in [1.82, 2.24) is 0 Å². The van der Waals surface area contributed by atoms with Crippen LogP contribution in [0.4, 0.5) is 10.1 Å². The largest absolute Gasteiger partial charge is 0.467 e. The molecule has 0 radical (unpaired) electrons. The van der Waals surface area contributed by atoms with Crippen molar-refractivity contribution in [3.63, 3.8) is 0 Å². The third-order valence-corrected chi connectivity index (χ3v) is 4.75. The minimum Gasteiger partial charge on any atom is -0.467 e. The first kappa shape index (κ1) is 20.5. The Morgan fingerprint density at radius 3 is 2.84 bits per heavy atom. The summed E-state index contributed by atoms with van der Waals surface area (Å²) in [6.45, 7) is 0.0386. The van der Waals surface area contributed by atoms with Gasteiger partial charge in [-0.1, -0.05) is 12.1 Å². The minimum absolute atomic E-state index is 0.0224. The number of hydrogen-bond donors (Lipinski definition) is 0. The topological polar surface area (TPSA) is 101 Å². The molecule has 31 heavy (non-hydrogen) atoms. The summed E-state index contributed by atoms with van der Waals surface area (Å²) in [6, 6.07) is 12.3. The van der Waals surface area contributed by atoms with Crippen molar-refractivity contribution in [2.45, 2.75) is 26.1 Å². The molecule has 3 aromatic rings. The highest BCUT2D eigenvalue weighted by Gasteiger charge is 2.22. The molecule has 0 N–H and O–H groups in total. The number of benzene rings is 2. The summed E-state index contributed by atoms with van der Waals surface area (Å²) >= 11 is 0. The maximum Gasteiger partial charge on any atom is 0.306 e. The summed E-state index contributed by atoms with van der Waals surface area (Å²) in [4.78, 5) is 22.8. The Bertz CT molecular complexity index is 1120. The van der Waals surface area contributed by atoms with Crippen molar-refractivity contribution in [2.24, 2.45) is 0 Å². The predicted molar refractivity (Wildman–Crippen MR) is 106 cm³/mol. The van der Waals surface area contributed by atoms with E-state index in [1.54, 1.807) is 30.3 Å². The van der Waals surface area contributed by atoms with Crippen LogP contribution in [0.5, 0.6) is 5.75 Å². The number of rotatable bonds is 7. The Labute approximate surface area is 176 Å². The number of carbonyl (C=O) groups excluding carboxylic acids is 1. The maximum absolute atomic E-state index is 13.9. The molecule has 160 valence electrons. The summed E-state index contributed by atoms with van der Waals surface area (Å²) in [5, 5.41) is 11.1. The monoisotopic (exact) mass is 427 g/mol. The molecule has 2 heterocycles. The van der Waals surface area contributed by atoms with E-state index in [1.807, 2.05) is 0 Å². The molecule has 2 aromatic carbocycles. The Hall–Kier alpha value is -3.72. The van der Waals surface area contributed by atoms with Crippen LogP contribution in [0.3, 0.4) is 0 Å². The summed E-state index contributed by atoms with van der Waals surface area (Å²) in [5.74, 6) is 0.435. The molecule has 1 aliphatic rings. The van der Waals surface area contributed by atoms with E-state index in [1.165, 1.54) is 18.2 Å². The third kappa shape index (κ3) is 4.72. The predicted octanol–water partition coefficient (Wildman–Crippen LogP) is 4.54. The number of nitrogens with zero attached hydrogens (tertiary/aromatic N) is 1. The van der Waals surface area contributed by atoms with Crippen LogP contribution in [0.15, 0.2) is 52.9 Å². The summed E-state index contributed by atoms with van der Waals surface area (Å²) in [7, 11) is 0. The fraction of sp³-hybridized carbons (Fsp3) is 0.227. The van der Waals surface area contributed by atoms with Crippen LogP contribution in [0.25, 0.3) is 11.3 Å². The maximum atomic E-state index is 13.9. The zero-order chi connectivity index (χ0) is 21.8. The summed E-state index contributed by atoms with van der Waals surface area (Å²) in [5.41, 5.74) is 1.15. The number of hydrogen-bond acceptors (Lipinski definition) is 7. The van der Waals surface area contributed by atoms with Crippen LogP contribution >= 0.6 is 0 Å². The van der Waals surface area contributed by atoms with Crippen molar-refractivity contribution >= 4 is 11.7 Å². The fourth-order valence-corrected chi connectivity index (χ4v) is 3.27. The number of fused-ring (bicyclic) bond motifs is 1. The van der Waals surface area contributed by atoms with E-state index >= 15 is 0 Å². The lowest BCUT2D eigenvalue weighted by molar-refractivity contribution is -0.385. The van der Waals surface area contributed by atoms with E-state index in [2.05, 4.69) is 0 Å². The Kier molecular flexibility index (Phi) is 5.94. The molecule has 0 aliphatic carbocycles. The standard InChI is InChI=1S/C22H18FNO7/c23-19-4-2-1-3-18(19)20-7-5-17(31-20)6-8-21(25)29-12-15-10-16(24(26)27)9-14-11-28-13-30-22(14)15/h1-5,7,9-10H,6,8,11-13H2. The first-order chi connectivity index (χ1) is 15.0. The van der Waals surface area contributed by atoms with Crippen molar-refractivity contribution in [2.75, 3.05) is 6.79 Å². The zero-order valence-electron chi connectivity index (χ0n) is 16.3. The second-order valence-corrected chi connectivity index (χ2v) is 6.87. The van der Waals surface area contributed by atoms with Gasteiger partial charge in [0.25, 0.3) is 5.69 Å². The minimum atomic E-state index is -0.524. The molecule has 0 fully saturated rings. The van der Waals surface area contributed by atoms with Crippen molar-refractivity contribution < 1.29 is 32.7 Å². The van der Waals surface area contributed by atoms with Gasteiger partial charge in [-0.2, -0.15) is 0 Å². The molecule has 0 bridgehead atoms. The quantitative estimate of drug-likeness (QED) is 0.310. The molecule has 8 nitrogen and oxygen atoms in total. The fourth-order valence-electron chi connectivity index (χ4n) is 3.27. The molecule has 0 amide bonds. The first-order valence-corrected chi connectivity index (χ1v) is 9.51. The van der Waals surface area contributed by atoms with Gasteiger partial charge in [-0.3, -0.25) is 14.9 Å². The van der Waals surface area contributed by atoms with E-state index < -0.39 is 16.7 Å². The molecule has 0 saturated heterocycles. The molecule has 0 unspecified atom stereocenters. The molecule has 0 spiro atoms. The van der Waals surface area contributed by atoms with Crippen LogP contribution < -0.4 is 4.74 Å². The first-order valence-electron chi connectivity index (χ1n) is 9.51. The third-order valence-electron chi connectivity index (χ3n) is 4.75. The van der Waals surface area contributed by atoms with E-state index in [9.17, 15) is 19.3 Å². The highest BCUT2D eigenvalue weighted by Crippen LogP contribution is 2.33. The van der Waals surface area contributed by atoms with Gasteiger partial charge in [0, 0.05) is 29.7 Å². The number of ether oxygens (including phenoxy) is 3. The number of carbonyl (C=O) groups is 1. The molecule has 0 atom stereocenters. The van der Waals surface area contributed by atoms with Crippen molar-refractivity contribution in [1.29, 1.82) is 0 Å². The van der Waals surface area contributed by atoms with Gasteiger partial charge in [0.1, 0.15) is 29.7 Å². The smallest absolute Gasteiger partial charge is 0.306 e. The van der Waals surface area contributed by atoms with E-state index in [-0.39, 0.29) is 38.5 Å². The number of esters is 1. The Morgan fingerprint density at radius 2 is 2.03 bits per heavy atom. The zero-order valence-corrected chi connectivity index (χ0v) is 16.3. The van der Waals surface area contributed by atoms with Crippen molar-refractivity contribution in [3.8, 4) is 17.1 Å². The number of nitro benzene ring substituents is 1. The van der Waals surface area contributed by atoms with Crippen LogP contribution in [0, 0.1) is 15.9 Å². The lowest BCUT2D eigenvalue weighted by atomic mass is 10.1. The second-order valence-electron chi connectivity index (χ2n) is 6.87. The SMILES string of the molecule is O=C(CCc1ccc(-c2ccccc2F)o1)OCc1cc([N+](=O)[O-])cc2c1OCOC2. The van der Waals surface area contributed by atoms with Gasteiger partial charge < -0.3 is 18.6 Å². The molecule has 1 aromatic heterocycles. The second kappa shape index (κ2) is 8.97. The van der Waals surface area contributed by atoms with E-state index in [0.717, 1.165) is 0 Å². The molecular weight excluding hydrogens is 409 g/mol. The van der Waals surface area contributed by atoms with Gasteiger partial charge >= 0.3 is 5.97 Å². The van der Waals surface area contributed by atoms with Gasteiger partial charge in [0.2, 0.25) is 0 Å². The molecular formula is C22H18FNO7. The summed E-state index contributed by atoms with van der Waals surface area (Å²) in [6.07, 6.45) is 0.302. The molecule has 9 heteroatoms. The van der Waals surface area contributed by atoms with Gasteiger partial charge in [-0.15, -0.1) is 0 Å². The molecule has 0 saturated carbocycles. The van der Waals surface area contributed by atoms with Crippen LogP contribution in [0.1, 0.15) is 23.3 Å². The lowest BCUT2D eigenvalue weighted by Gasteiger charge is -2.20. The highest BCUT2D eigenvalue weighted by molar-refractivity contribution is 5.70. The number of non-ortho nitro benzene ring substituents is 1. The average Bonchev–Trinajstić information content (AvgIpc) is 3.25. The molecule has 1 aliphatic heterocycles. The van der Waals surface area contributed by atoms with Crippen LogP contribution in [0.2, 0.25) is 0 Å². The van der Waals surface area contributed by atoms with E-state index in [0.29, 0.717) is 34.0 Å². The Morgan fingerprint density at radius 1 is 1.19 bits per heavy atom. The van der Waals surface area contributed by atoms with Crippen LogP contribution in [-0.2, 0) is 33.9 Å². The number of furan rings is 1. The normalized spacial score (nSPS) is 12.7. The van der Waals surface area contributed by atoms with Gasteiger partial charge in [-0.05, 0) is 24.3 Å². The number of halogens is 1. The van der Waals surface area contributed by atoms with E-state index in [4.69, 9.17) is 18.6 Å². The van der Waals surface area contributed by atoms with Crippen molar-refractivity contribution in [3.05, 3.63) is 81.3 Å². The van der Waals surface area contributed by atoms with Gasteiger partial charge in [0.05, 0.1) is 23.5 Å². The summed E-state index contributed by atoms with van der Waals surface area (Å²) < 4.78 is 35.3. The van der Waals surface area contributed by atoms with Crippen LogP contribution in [-0.4, -0.2) is 17.7 Å². The average molecular weight is 427 g/mol. The Balaban J connectivity index is 1.37. The molecule has 4 rings (SSSR count). The van der Waals surface area contributed by atoms with Gasteiger partial charge in [-0.25, -0.2) is 4.39 Å².